The summed E-state index contributed by atoms with van der Waals surface area (Å²) in [5, 5.41) is 3.15. The maximum atomic E-state index is 12.2. The van der Waals surface area contributed by atoms with E-state index in [0.717, 1.165) is 10.5 Å². The fourth-order valence-corrected chi connectivity index (χ4v) is 1.93. The number of nitrogens with one attached hydrogen (secondary N) is 1. The van der Waals surface area contributed by atoms with Crippen LogP contribution in [0, 0.1) is 19.3 Å². The average Bonchev–Trinajstić information content (AvgIpc) is 2.56. The van der Waals surface area contributed by atoms with Gasteiger partial charge >= 0.3 is 0 Å². The molecule has 0 fully saturated rings. The lowest BCUT2D eigenvalue weighted by molar-refractivity contribution is -0.115. The maximum absolute atomic E-state index is 12.2. The molecular formula is C17H22N2O4. The van der Waals surface area contributed by atoms with Crippen LogP contribution in [0.5, 0.6) is 0 Å². The van der Waals surface area contributed by atoms with Gasteiger partial charge in [0, 0.05) is 19.3 Å². The highest BCUT2D eigenvalue weighted by atomic mass is 16.5. The van der Waals surface area contributed by atoms with E-state index in [1.54, 1.807) is 6.07 Å². The van der Waals surface area contributed by atoms with Gasteiger partial charge in [-0.1, -0.05) is 18.1 Å². The highest BCUT2D eigenvalue weighted by Gasteiger charge is 2.17. The van der Waals surface area contributed by atoms with Crippen LogP contribution in [-0.4, -0.2) is 57.2 Å². The normalized spacial score (nSPS) is 9.96. The molecule has 0 saturated heterocycles. The fraction of sp³-hybridized carbons (Fsp3) is 0.412. The summed E-state index contributed by atoms with van der Waals surface area (Å²) < 4.78 is 10.5. The largest absolute Gasteiger partial charge is 0.382 e. The molecule has 0 aromatic heterocycles. The molecule has 0 radical (unpaired) electrons. The van der Waals surface area contributed by atoms with Crippen LogP contribution in [0.2, 0.25) is 0 Å². The number of carbonyl (C=O) groups is 2. The number of ether oxygens (including phenoxy) is 2. The number of aryl methyl sites for hydroxylation is 1. The summed E-state index contributed by atoms with van der Waals surface area (Å²) in [7, 11) is 1.44. The number of terminal acetylenes is 1. The molecule has 0 saturated carbocycles. The standard InChI is InChI=1S/C17H22N2O4/c1-4-9-22-11-12-23-10-8-18-15-7-5-6-14(2)16(15)17(21)19(3)13-20/h1,5-7,13,18H,8-12H2,2-3H3. The first kappa shape index (κ1) is 18.7. The number of imide groups is 1. The van der Waals surface area contributed by atoms with E-state index < -0.39 is 0 Å². The third-order valence-corrected chi connectivity index (χ3v) is 3.08. The molecule has 0 aliphatic carbocycles. The van der Waals surface area contributed by atoms with Gasteiger partial charge in [-0.2, -0.15) is 0 Å². The molecule has 2 amide bonds. The number of benzene rings is 1. The van der Waals surface area contributed by atoms with E-state index in [1.807, 2.05) is 19.1 Å². The van der Waals surface area contributed by atoms with Crippen molar-refractivity contribution in [3.8, 4) is 12.3 Å². The highest BCUT2D eigenvalue weighted by molar-refractivity contribution is 6.05. The van der Waals surface area contributed by atoms with Crippen LogP contribution in [0.25, 0.3) is 0 Å². The number of amides is 2. The van der Waals surface area contributed by atoms with Gasteiger partial charge in [-0.25, -0.2) is 0 Å². The van der Waals surface area contributed by atoms with Crippen molar-refractivity contribution in [3.63, 3.8) is 0 Å². The van der Waals surface area contributed by atoms with Gasteiger partial charge < -0.3 is 14.8 Å². The maximum Gasteiger partial charge on any atom is 0.262 e. The van der Waals surface area contributed by atoms with Crippen molar-refractivity contribution in [1.82, 2.24) is 4.90 Å². The second kappa shape index (κ2) is 10.4. The topological polar surface area (TPSA) is 67.9 Å². The third-order valence-electron chi connectivity index (χ3n) is 3.08. The lowest BCUT2D eigenvalue weighted by Gasteiger charge is -2.16. The second-order valence-electron chi connectivity index (χ2n) is 4.81. The number of rotatable bonds is 10. The van der Waals surface area contributed by atoms with Gasteiger partial charge in [0.2, 0.25) is 6.41 Å². The van der Waals surface area contributed by atoms with Gasteiger partial charge in [-0.3, -0.25) is 14.5 Å². The Morgan fingerprint density at radius 3 is 2.78 bits per heavy atom. The van der Waals surface area contributed by atoms with Crippen LogP contribution < -0.4 is 5.32 Å². The van der Waals surface area contributed by atoms with Gasteiger partial charge in [-0.05, 0) is 18.6 Å². The lowest BCUT2D eigenvalue weighted by Crippen LogP contribution is -2.27. The van der Waals surface area contributed by atoms with Crippen molar-refractivity contribution in [2.45, 2.75) is 6.92 Å². The summed E-state index contributed by atoms with van der Waals surface area (Å²) in [5.74, 6) is 2.03. The minimum absolute atomic E-state index is 0.278. The molecule has 0 unspecified atom stereocenters. The molecule has 0 heterocycles. The molecule has 124 valence electrons. The van der Waals surface area contributed by atoms with Crippen LogP contribution in [0.15, 0.2) is 18.2 Å². The molecule has 1 N–H and O–H groups in total. The Bertz CT molecular complexity index is 566. The fourth-order valence-electron chi connectivity index (χ4n) is 1.93. The van der Waals surface area contributed by atoms with Crippen LogP contribution in [0.4, 0.5) is 5.69 Å². The number of hydrogen-bond donors (Lipinski definition) is 1. The summed E-state index contributed by atoms with van der Waals surface area (Å²) in [5.41, 5.74) is 1.97. The summed E-state index contributed by atoms with van der Waals surface area (Å²) in [4.78, 5) is 24.1. The van der Waals surface area contributed by atoms with Gasteiger partial charge in [0.15, 0.2) is 0 Å². The van der Waals surface area contributed by atoms with Crippen LogP contribution in [0.1, 0.15) is 15.9 Å². The van der Waals surface area contributed by atoms with E-state index in [0.29, 0.717) is 44.0 Å². The lowest BCUT2D eigenvalue weighted by atomic mass is 10.1. The first-order valence-corrected chi connectivity index (χ1v) is 7.26. The Morgan fingerprint density at radius 2 is 2.09 bits per heavy atom. The van der Waals surface area contributed by atoms with Crippen molar-refractivity contribution in [1.29, 1.82) is 0 Å². The Hall–Kier alpha value is -2.36. The smallest absolute Gasteiger partial charge is 0.262 e. The van der Waals surface area contributed by atoms with E-state index >= 15 is 0 Å². The Kier molecular flexibility index (Phi) is 8.43. The van der Waals surface area contributed by atoms with Gasteiger partial charge in [-0.15, -0.1) is 6.42 Å². The molecule has 1 rings (SSSR count). The molecule has 23 heavy (non-hydrogen) atoms. The SMILES string of the molecule is C#CCOCCOCCNc1cccc(C)c1C(=O)N(C)C=O. The number of anilines is 1. The van der Waals surface area contributed by atoms with Crippen molar-refractivity contribution < 1.29 is 19.1 Å². The highest BCUT2D eigenvalue weighted by Crippen LogP contribution is 2.20. The van der Waals surface area contributed by atoms with E-state index in [2.05, 4.69) is 11.2 Å². The molecule has 6 nitrogen and oxygen atoms in total. The summed E-state index contributed by atoms with van der Waals surface area (Å²) in [6.07, 6.45) is 5.56. The molecule has 0 aliphatic heterocycles. The van der Waals surface area contributed by atoms with Crippen molar-refractivity contribution in [3.05, 3.63) is 29.3 Å². The second-order valence-corrected chi connectivity index (χ2v) is 4.81. The summed E-state index contributed by atoms with van der Waals surface area (Å²) in [6, 6.07) is 5.48. The molecule has 0 bridgehead atoms. The number of carbonyl (C=O) groups excluding carboxylic acids is 2. The van der Waals surface area contributed by atoms with Gasteiger partial charge in [0.05, 0.1) is 25.4 Å². The molecule has 0 spiro atoms. The van der Waals surface area contributed by atoms with Crippen LogP contribution in [0.3, 0.4) is 0 Å². The minimum Gasteiger partial charge on any atom is -0.382 e. The average molecular weight is 318 g/mol. The quantitative estimate of drug-likeness (QED) is 0.400. The molecular weight excluding hydrogens is 296 g/mol. The Labute approximate surface area is 136 Å². The zero-order chi connectivity index (χ0) is 17.1. The predicted octanol–water partition coefficient (Wildman–Crippen LogP) is 1.30. The zero-order valence-electron chi connectivity index (χ0n) is 13.5. The Balaban J connectivity index is 2.51. The molecule has 6 heteroatoms. The van der Waals surface area contributed by atoms with Gasteiger partial charge in [0.25, 0.3) is 5.91 Å². The summed E-state index contributed by atoms with van der Waals surface area (Å²) in [6.45, 7) is 4.00. The van der Waals surface area contributed by atoms with Crippen molar-refractivity contribution >= 4 is 18.0 Å². The molecule has 0 aliphatic rings. The predicted molar refractivity (Wildman–Crippen MR) is 88.3 cm³/mol. The van der Waals surface area contributed by atoms with Crippen molar-refractivity contribution in [2.24, 2.45) is 0 Å². The third kappa shape index (κ3) is 6.10. The minimum atomic E-state index is -0.343. The van der Waals surface area contributed by atoms with Gasteiger partial charge in [0.1, 0.15) is 6.61 Å². The van der Waals surface area contributed by atoms with E-state index in [-0.39, 0.29) is 12.5 Å². The number of nitrogens with zero attached hydrogens (tertiary/aromatic N) is 1. The molecule has 1 aromatic rings. The first-order chi connectivity index (χ1) is 11.1. The number of hydrogen-bond acceptors (Lipinski definition) is 5. The molecule has 1 aromatic carbocycles. The molecule has 0 atom stereocenters. The monoisotopic (exact) mass is 318 g/mol. The Morgan fingerprint density at radius 1 is 1.35 bits per heavy atom. The van der Waals surface area contributed by atoms with E-state index in [9.17, 15) is 9.59 Å². The first-order valence-electron chi connectivity index (χ1n) is 7.26. The van der Waals surface area contributed by atoms with E-state index in [4.69, 9.17) is 15.9 Å². The van der Waals surface area contributed by atoms with Crippen molar-refractivity contribution in [2.75, 3.05) is 45.3 Å². The van der Waals surface area contributed by atoms with Crippen LogP contribution in [-0.2, 0) is 14.3 Å². The zero-order valence-corrected chi connectivity index (χ0v) is 13.5. The summed E-state index contributed by atoms with van der Waals surface area (Å²) >= 11 is 0. The van der Waals surface area contributed by atoms with E-state index in [1.165, 1.54) is 7.05 Å². The van der Waals surface area contributed by atoms with Crippen LogP contribution >= 0.6 is 0 Å².